The van der Waals surface area contributed by atoms with Gasteiger partial charge in [0.05, 0.1) is 12.7 Å². The van der Waals surface area contributed by atoms with Gasteiger partial charge < -0.3 is 4.74 Å². The zero-order chi connectivity index (χ0) is 6.53. The molecule has 1 aliphatic rings. The van der Waals surface area contributed by atoms with E-state index in [1.165, 1.54) is 12.8 Å². The van der Waals surface area contributed by atoms with Crippen molar-refractivity contribution >= 4 is 15.9 Å². The van der Waals surface area contributed by atoms with Crippen molar-refractivity contribution in [1.29, 1.82) is 0 Å². The molecule has 0 aliphatic heterocycles. The van der Waals surface area contributed by atoms with E-state index in [0.29, 0.717) is 6.10 Å². The molecule has 0 spiro atoms. The molecule has 2 heteroatoms. The molecule has 0 aromatic carbocycles. The summed E-state index contributed by atoms with van der Waals surface area (Å²) in [5.41, 5.74) is 0. The Kier molecular flexibility index (Phi) is 3.59. The van der Waals surface area contributed by atoms with Crippen LogP contribution in [0, 0.1) is 6.42 Å². The predicted octanol–water partition coefficient (Wildman–Crippen LogP) is 2.15. The van der Waals surface area contributed by atoms with Crippen LogP contribution in [0.3, 0.4) is 0 Å². The molecule has 0 amide bonds. The van der Waals surface area contributed by atoms with Gasteiger partial charge >= 0.3 is 0 Å². The first kappa shape index (κ1) is 7.55. The number of hydrogen-bond donors (Lipinski definition) is 0. The third-order valence-corrected chi connectivity index (χ3v) is 1.88. The largest absolute Gasteiger partial charge is 0.377 e. The monoisotopic (exact) mass is 191 g/mol. The van der Waals surface area contributed by atoms with Crippen molar-refractivity contribution in [1.82, 2.24) is 0 Å². The highest BCUT2D eigenvalue weighted by Gasteiger charge is 2.14. The van der Waals surface area contributed by atoms with Crippen molar-refractivity contribution in [3.63, 3.8) is 0 Å². The smallest absolute Gasteiger partial charge is 0.0578 e. The maximum Gasteiger partial charge on any atom is 0.0578 e. The summed E-state index contributed by atoms with van der Waals surface area (Å²) in [6.45, 7) is 0.860. The molecule has 1 saturated carbocycles. The fourth-order valence-electron chi connectivity index (χ4n) is 1.09. The van der Waals surface area contributed by atoms with Gasteiger partial charge in [-0.15, -0.1) is 0 Å². The van der Waals surface area contributed by atoms with E-state index < -0.39 is 0 Å². The van der Waals surface area contributed by atoms with Crippen LogP contribution in [0.2, 0.25) is 0 Å². The fraction of sp³-hybridized carbons (Fsp3) is 0.857. The lowest BCUT2D eigenvalue weighted by Crippen LogP contribution is -2.08. The van der Waals surface area contributed by atoms with Gasteiger partial charge in [-0.1, -0.05) is 15.9 Å². The van der Waals surface area contributed by atoms with Crippen LogP contribution in [0.5, 0.6) is 0 Å². The van der Waals surface area contributed by atoms with Crippen molar-refractivity contribution in [2.24, 2.45) is 0 Å². The summed E-state index contributed by atoms with van der Waals surface area (Å²) < 4.78 is 5.47. The van der Waals surface area contributed by atoms with Gasteiger partial charge in [-0.05, 0) is 25.7 Å². The molecule has 1 atom stereocenters. The third kappa shape index (κ3) is 2.67. The minimum absolute atomic E-state index is 0.530. The Balaban J connectivity index is 1.98. The van der Waals surface area contributed by atoms with Gasteiger partial charge in [-0.25, -0.2) is 0 Å². The number of halogens is 1. The Morgan fingerprint density at radius 3 is 3.11 bits per heavy atom. The maximum absolute atomic E-state index is 5.47. The quantitative estimate of drug-likeness (QED) is 0.622. The Labute approximate surface area is 64.9 Å². The van der Waals surface area contributed by atoms with Crippen molar-refractivity contribution < 1.29 is 4.74 Å². The average molecular weight is 192 g/mol. The molecule has 1 aliphatic carbocycles. The van der Waals surface area contributed by atoms with E-state index in [0.717, 1.165) is 18.4 Å². The second-order valence-corrected chi connectivity index (χ2v) is 3.08. The second kappa shape index (κ2) is 4.29. The van der Waals surface area contributed by atoms with E-state index in [-0.39, 0.29) is 0 Å². The zero-order valence-electron chi connectivity index (χ0n) is 5.48. The molecule has 0 aromatic rings. The number of ether oxygens (including phenoxy) is 1. The summed E-state index contributed by atoms with van der Waals surface area (Å²) in [4.78, 5) is 0. The fourth-order valence-corrected chi connectivity index (χ4v) is 1.27. The summed E-state index contributed by atoms with van der Waals surface area (Å²) in [7, 11) is 0. The van der Waals surface area contributed by atoms with Gasteiger partial charge in [0, 0.05) is 5.33 Å². The minimum atomic E-state index is 0.530. The first-order valence-electron chi connectivity index (χ1n) is 3.42. The van der Waals surface area contributed by atoms with Crippen LogP contribution in [0.1, 0.15) is 19.3 Å². The summed E-state index contributed by atoms with van der Waals surface area (Å²) >= 11 is 3.32. The van der Waals surface area contributed by atoms with Gasteiger partial charge in [-0.3, -0.25) is 0 Å². The molecule has 1 unspecified atom stereocenters. The molecule has 0 N–H and O–H groups in total. The lowest BCUT2D eigenvalue weighted by molar-refractivity contribution is 0.0727. The second-order valence-electron chi connectivity index (χ2n) is 2.28. The van der Waals surface area contributed by atoms with Gasteiger partial charge in [0.25, 0.3) is 0 Å². The van der Waals surface area contributed by atoms with E-state index in [1.54, 1.807) is 0 Å². The van der Waals surface area contributed by atoms with Crippen LogP contribution < -0.4 is 0 Å². The molecular weight excluding hydrogens is 180 g/mol. The average Bonchev–Trinajstić information content (AvgIpc) is 2.34. The highest BCUT2D eigenvalue weighted by molar-refractivity contribution is 9.09. The van der Waals surface area contributed by atoms with Crippen LogP contribution in [-0.2, 0) is 4.74 Å². The molecule has 0 saturated heterocycles. The van der Waals surface area contributed by atoms with E-state index >= 15 is 0 Å². The molecule has 53 valence electrons. The Hall–Kier alpha value is 0.440. The van der Waals surface area contributed by atoms with Crippen molar-refractivity contribution in [2.45, 2.75) is 25.4 Å². The minimum Gasteiger partial charge on any atom is -0.377 e. The molecule has 0 bridgehead atoms. The zero-order valence-corrected chi connectivity index (χ0v) is 7.06. The Morgan fingerprint density at radius 1 is 1.67 bits per heavy atom. The van der Waals surface area contributed by atoms with Crippen LogP contribution in [0.25, 0.3) is 0 Å². The Morgan fingerprint density at radius 2 is 2.56 bits per heavy atom. The first-order valence-corrected chi connectivity index (χ1v) is 4.55. The van der Waals surface area contributed by atoms with Crippen LogP contribution in [0.4, 0.5) is 0 Å². The van der Waals surface area contributed by atoms with Gasteiger partial charge in [0.1, 0.15) is 0 Å². The van der Waals surface area contributed by atoms with Crippen LogP contribution in [-0.4, -0.2) is 18.0 Å². The van der Waals surface area contributed by atoms with E-state index in [1.807, 2.05) is 0 Å². The topological polar surface area (TPSA) is 9.23 Å². The van der Waals surface area contributed by atoms with Crippen LogP contribution in [0.15, 0.2) is 0 Å². The molecule has 1 nitrogen and oxygen atoms in total. The molecule has 0 aromatic heterocycles. The molecule has 1 radical (unpaired) electrons. The standard InChI is InChI=1S/C7H12BrO/c8-5-6-9-7-3-1-2-4-7/h1,7H,2-6H2. The first-order chi connectivity index (χ1) is 4.43. The van der Waals surface area contributed by atoms with Crippen molar-refractivity contribution in [3.05, 3.63) is 6.42 Å². The number of hydrogen-bond acceptors (Lipinski definition) is 1. The summed E-state index contributed by atoms with van der Waals surface area (Å²) in [5, 5.41) is 0.962. The normalized spacial score (nSPS) is 21.0. The van der Waals surface area contributed by atoms with E-state index in [4.69, 9.17) is 4.74 Å². The number of alkyl halides is 1. The van der Waals surface area contributed by atoms with Gasteiger partial charge in [-0.2, -0.15) is 0 Å². The summed E-state index contributed by atoms with van der Waals surface area (Å²) in [6.07, 6.45) is 6.47. The summed E-state index contributed by atoms with van der Waals surface area (Å²) in [5.74, 6) is 0. The third-order valence-electron chi connectivity index (χ3n) is 1.55. The highest BCUT2D eigenvalue weighted by atomic mass is 79.9. The SMILES string of the molecule is BrCCOC1C[CH]CC1. The van der Waals surface area contributed by atoms with E-state index in [2.05, 4.69) is 22.4 Å². The Bertz CT molecular complexity index is 69.3. The van der Waals surface area contributed by atoms with Gasteiger partial charge in [0.15, 0.2) is 0 Å². The lowest BCUT2D eigenvalue weighted by Gasteiger charge is -2.07. The van der Waals surface area contributed by atoms with Crippen molar-refractivity contribution in [3.8, 4) is 0 Å². The lowest BCUT2D eigenvalue weighted by atomic mass is 10.3. The van der Waals surface area contributed by atoms with Crippen molar-refractivity contribution in [2.75, 3.05) is 11.9 Å². The van der Waals surface area contributed by atoms with Gasteiger partial charge in [0.2, 0.25) is 0 Å². The predicted molar refractivity (Wildman–Crippen MR) is 41.7 cm³/mol. The molecular formula is C7H12BrO. The maximum atomic E-state index is 5.47. The molecule has 0 heterocycles. The summed E-state index contributed by atoms with van der Waals surface area (Å²) in [6, 6.07) is 0. The molecule has 1 rings (SSSR count). The molecule has 1 fully saturated rings. The number of rotatable bonds is 3. The van der Waals surface area contributed by atoms with E-state index in [9.17, 15) is 0 Å². The highest BCUT2D eigenvalue weighted by Crippen LogP contribution is 2.19. The van der Waals surface area contributed by atoms with Crippen LogP contribution >= 0.6 is 15.9 Å². The molecule has 9 heavy (non-hydrogen) atoms.